The number of fused-ring (bicyclic) bond motifs is 1. The molecule has 0 amide bonds. The zero-order chi connectivity index (χ0) is 23.3. The molecular formula is C18H13F6N7S. The number of alkyl halides is 6. The van der Waals surface area contributed by atoms with E-state index in [1.807, 2.05) is 6.92 Å². The van der Waals surface area contributed by atoms with Gasteiger partial charge in [0.1, 0.15) is 11.2 Å². The Kier molecular flexibility index (Phi) is 5.35. The molecule has 4 aromatic heterocycles. The lowest BCUT2D eigenvalue weighted by atomic mass is 10.3. The second-order valence-corrected chi connectivity index (χ2v) is 7.83. The van der Waals surface area contributed by atoms with E-state index in [-0.39, 0.29) is 28.5 Å². The van der Waals surface area contributed by atoms with Crippen LogP contribution in [0.15, 0.2) is 35.4 Å². The highest BCUT2D eigenvalue weighted by molar-refractivity contribution is 7.99. The van der Waals surface area contributed by atoms with Crippen LogP contribution in [0, 0.1) is 0 Å². The third-order valence-corrected chi connectivity index (χ3v) is 5.31. The van der Waals surface area contributed by atoms with Crippen molar-refractivity contribution in [2.75, 3.05) is 5.75 Å². The molecule has 7 nitrogen and oxygen atoms in total. The molecule has 0 N–H and O–H groups in total. The van der Waals surface area contributed by atoms with Crippen LogP contribution in [0.25, 0.3) is 28.5 Å². The first-order valence-corrected chi connectivity index (χ1v) is 10.0. The molecule has 0 spiro atoms. The number of halogens is 6. The number of thioether (sulfide) groups is 1. The quantitative estimate of drug-likeness (QED) is 0.314. The number of nitrogens with zero attached hydrogens (tertiary/aromatic N) is 7. The minimum atomic E-state index is -4.68. The smallest absolute Gasteiger partial charge is 0.309 e. The molecule has 0 aliphatic carbocycles. The van der Waals surface area contributed by atoms with Crippen molar-refractivity contribution in [3.05, 3.63) is 41.9 Å². The fourth-order valence-electron chi connectivity index (χ4n) is 2.93. The van der Waals surface area contributed by atoms with Crippen LogP contribution in [-0.4, -0.2) is 40.3 Å². The number of hydrogen-bond acceptors (Lipinski definition) is 6. The summed E-state index contributed by atoms with van der Waals surface area (Å²) < 4.78 is 80.1. The molecule has 0 bridgehead atoms. The van der Waals surface area contributed by atoms with Crippen molar-refractivity contribution < 1.29 is 26.3 Å². The van der Waals surface area contributed by atoms with Gasteiger partial charge in [0.25, 0.3) is 0 Å². The Balaban J connectivity index is 1.86. The number of rotatable bonds is 4. The molecule has 32 heavy (non-hydrogen) atoms. The lowest BCUT2D eigenvalue weighted by Gasteiger charge is -2.10. The Hall–Kier alpha value is -3.16. The average molecular weight is 473 g/mol. The minimum absolute atomic E-state index is 0.0390. The van der Waals surface area contributed by atoms with Gasteiger partial charge in [-0.2, -0.15) is 31.4 Å². The lowest BCUT2D eigenvalue weighted by molar-refractivity contribution is -0.142. The van der Waals surface area contributed by atoms with Gasteiger partial charge in [-0.15, -0.1) is 22.0 Å². The van der Waals surface area contributed by atoms with E-state index in [4.69, 9.17) is 0 Å². The topological polar surface area (TPSA) is 74.3 Å². The molecule has 4 aromatic rings. The van der Waals surface area contributed by atoms with Crippen molar-refractivity contribution in [2.24, 2.45) is 7.05 Å². The third-order valence-electron chi connectivity index (χ3n) is 4.38. The summed E-state index contributed by atoms with van der Waals surface area (Å²) in [5.74, 6) is 0.926. The zero-order valence-corrected chi connectivity index (χ0v) is 17.2. The Morgan fingerprint density at radius 2 is 1.66 bits per heavy atom. The molecule has 0 aliphatic heterocycles. The largest absolute Gasteiger partial charge is 0.435 e. The van der Waals surface area contributed by atoms with Gasteiger partial charge in [0.05, 0.1) is 0 Å². The van der Waals surface area contributed by atoms with Crippen LogP contribution in [0.4, 0.5) is 26.3 Å². The van der Waals surface area contributed by atoms with E-state index in [1.54, 1.807) is 6.07 Å². The molecule has 0 aromatic carbocycles. The van der Waals surface area contributed by atoms with E-state index in [9.17, 15) is 26.3 Å². The standard InChI is InChI=1S/C18H13F6N7S/c1-3-32-10-4-5-13(31-7-6-11(29-31)17(19,20)21)26-14(10)16-25-9-8-12(18(22,23)24)27-28-15(9)30(16)2/h4-8H,3H2,1-2H3. The van der Waals surface area contributed by atoms with Crippen LogP contribution >= 0.6 is 11.8 Å². The SMILES string of the molecule is CCSc1ccc(-n2ccc(C(F)(F)F)n2)nc1-c1nc2cc(C(F)(F)F)nnc2n1C. The van der Waals surface area contributed by atoms with E-state index in [1.165, 1.54) is 29.4 Å². The molecule has 0 saturated carbocycles. The van der Waals surface area contributed by atoms with Crippen molar-refractivity contribution in [1.82, 2.24) is 34.5 Å². The van der Waals surface area contributed by atoms with Crippen molar-refractivity contribution in [1.29, 1.82) is 0 Å². The van der Waals surface area contributed by atoms with E-state index in [0.29, 0.717) is 10.6 Å². The highest BCUT2D eigenvalue weighted by Gasteiger charge is 2.35. The van der Waals surface area contributed by atoms with E-state index in [0.717, 1.165) is 23.0 Å². The van der Waals surface area contributed by atoms with E-state index >= 15 is 0 Å². The van der Waals surface area contributed by atoms with Gasteiger partial charge in [-0.25, -0.2) is 14.6 Å². The van der Waals surface area contributed by atoms with Gasteiger partial charge < -0.3 is 4.57 Å². The fraction of sp³-hybridized carbons (Fsp3) is 0.278. The first kappa shape index (κ1) is 22.0. The maximum atomic E-state index is 13.0. The molecule has 0 saturated heterocycles. The Labute approximate surface area is 180 Å². The number of imidazole rings is 1. The second-order valence-electron chi connectivity index (χ2n) is 6.52. The predicted molar refractivity (Wildman–Crippen MR) is 103 cm³/mol. The number of hydrogen-bond donors (Lipinski definition) is 0. The summed E-state index contributed by atoms with van der Waals surface area (Å²) in [4.78, 5) is 9.31. The van der Waals surface area contributed by atoms with E-state index < -0.39 is 23.7 Å². The molecule has 0 unspecified atom stereocenters. The average Bonchev–Trinajstić information content (AvgIpc) is 3.33. The van der Waals surface area contributed by atoms with Crippen molar-refractivity contribution in [2.45, 2.75) is 24.2 Å². The van der Waals surface area contributed by atoms with Crippen LogP contribution in [0.2, 0.25) is 0 Å². The first-order valence-electron chi connectivity index (χ1n) is 9.04. The van der Waals surface area contributed by atoms with Crippen LogP contribution in [-0.2, 0) is 19.4 Å². The minimum Gasteiger partial charge on any atom is -0.309 e. The molecule has 0 fully saturated rings. The summed E-state index contributed by atoms with van der Waals surface area (Å²) in [6, 6.07) is 4.75. The first-order chi connectivity index (χ1) is 15.0. The van der Waals surface area contributed by atoms with Crippen molar-refractivity contribution in [3.63, 3.8) is 0 Å². The second kappa shape index (κ2) is 7.76. The van der Waals surface area contributed by atoms with Gasteiger partial charge in [0.2, 0.25) is 0 Å². The predicted octanol–water partition coefficient (Wildman–Crippen LogP) is 4.76. The highest BCUT2D eigenvalue weighted by Crippen LogP contribution is 2.34. The van der Waals surface area contributed by atoms with Crippen LogP contribution in [0.1, 0.15) is 18.3 Å². The summed E-state index contributed by atoms with van der Waals surface area (Å²) in [6.45, 7) is 1.89. The summed E-state index contributed by atoms with van der Waals surface area (Å²) in [7, 11) is 1.54. The molecular weight excluding hydrogens is 460 g/mol. The number of aryl methyl sites for hydroxylation is 1. The maximum absolute atomic E-state index is 13.0. The van der Waals surface area contributed by atoms with Gasteiger partial charge in [0.15, 0.2) is 28.7 Å². The van der Waals surface area contributed by atoms with Gasteiger partial charge in [-0.3, -0.25) is 0 Å². The third kappa shape index (κ3) is 4.01. The normalized spacial score (nSPS) is 12.6. The summed E-state index contributed by atoms with van der Waals surface area (Å²) >= 11 is 1.39. The number of pyridine rings is 1. The van der Waals surface area contributed by atoms with Crippen molar-refractivity contribution >= 4 is 22.9 Å². The van der Waals surface area contributed by atoms with Crippen LogP contribution in [0.3, 0.4) is 0 Å². The van der Waals surface area contributed by atoms with Crippen LogP contribution in [0.5, 0.6) is 0 Å². The summed E-state index contributed by atoms with van der Waals surface area (Å²) in [5, 5.41) is 10.4. The summed E-state index contributed by atoms with van der Waals surface area (Å²) in [5.41, 5.74) is -1.93. The zero-order valence-electron chi connectivity index (χ0n) is 16.4. The monoisotopic (exact) mass is 473 g/mol. The number of aromatic nitrogens is 7. The molecule has 168 valence electrons. The molecule has 0 radical (unpaired) electrons. The van der Waals surface area contributed by atoms with Crippen molar-refractivity contribution in [3.8, 4) is 17.3 Å². The maximum Gasteiger partial charge on any atom is 0.435 e. The molecule has 0 atom stereocenters. The molecule has 4 heterocycles. The lowest BCUT2D eigenvalue weighted by Crippen LogP contribution is -2.09. The molecule has 14 heteroatoms. The molecule has 0 aliphatic rings. The van der Waals surface area contributed by atoms with Gasteiger partial charge >= 0.3 is 12.4 Å². The highest BCUT2D eigenvalue weighted by atomic mass is 32.2. The Morgan fingerprint density at radius 3 is 2.28 bits per heavy atom. The molecule has 4 rings (SSSR count). The van der Waals surface area contributed by atoms with Gasteiger partial charge in [-0.05, 0) is 24.0 Å². The fourth-order valence-corrected chi connectivity index (χ4v) is 3.68. The van der Waals surface area contributed by atoms with Crippen LogP contribution < -0.4 is 0 Å². The van der Waals surface area contributed by atoms with Gasteiger partial charge in [0, 0.05) is 24.2 Å². The van der Waals surface area contributed by atoms with E-state index in [2.05, 4.69) is 25.3 Å². The summed E-state index contributed by atoms with van der Waals surface area (Å²) in [6.07, 6.45) is -8.17. The Bertz CT molecular complexity index is 1290. The van der Waals surface area contributed by atoms with Gasteiger partial charge in [-0.1, -0.05) is 6.92 Å². The Morgan fingerprint density at radius 1 is 0.938 bits per heavy atom.